The Bertz CT molecular complexity index is 758. The first-order chi connectivity index (χ1) is 13.1. The Hall–Kier alpha value is -2.44. The van der Waals surface area contributed by atoms with Crippen LogP contribution in [-0.4, -0.2) is 42.8 Å². The summed E-state index contributed by atoms with van der Waals surface area (Å²) in [6.45, 7) is 4.02. The number of nitrogens with one attached hydrogen (secondary N) is 2. The van der Waals surface area contributed by atoms with E-state index in [0.717, 1.165) is 31.6 Å². The lowest BCUT2D eigenvalue weighted by atomic mass is 10.0. The molecule has 0 aromatic heterocycles. The molecule has 5 nitrogen and oxygen atoms in total. The standard InChI is InChI=1S/C21H26FN3O2/c1-15(14-26)23-17-10-12-25(13-11-17)18-8-6-16(7-9-18)24-21(27)19-4-2-3-5-20(19)22/h2-9,15,17,23,26H,10-14H2,1H3,(H,24,27). The largest absolute Gasteiger partial charge is 0.395 e. The molecule has 6 heteroatoms. The Morgan fingerprint density at radius 3 is 2.48 bits per heavy atom. The van der Waals surface area contributed by atoms with Crippen LogP contribution < -0.4 is 15.5 Å². The van der Waals surface area contributed by atoms with Gasteiger partial charge in [0.1, 0.15) is 5.82 Å². The maximum atomic E-state index is 13.7. The Balaban J connectivity index is 1.55. The van der Waals surface area contributed by atoms with Crippen LogP contribution in [-0.2, 0) is 0 Å². The van der Waals surface area contributed by atoms with Gasteiger partial charge in [0, 0.05) is 36.5 Å². The Labute approximate surface area is 159 Å². The number of halogens is 1. The summed E-state index contributed by atoms with van der Waals surface area (Å²) in [6.07, 6.45) is 2.05. The highest BCUT2D eigenvalue weighted by atomic mass is 19.1. The zero-order valence-electron chi connectivity index (χ0n) is 15.5. The third-order valence-electron chi connectivity index (χ3n) is 4.90. The molecule has 1 atom stereocenters. The van der Waals surface area contributed by atoms with Crippen molar-refractivity contribution < 1.29 is 14.3 Å². The van der Waals surface area contributed by atoms with E-state index in [2.05, 4.69) is 15.5 Å². The van der Waals surface area contributed by atoms with E-state index in [1.54, 1.807) is 12.1 Å². The van der Waals surface area contributed by atoms with Crippen molar-refractivity contribution in [1.29, 1.82) is 0 Å². The SMILES string of the molecule is CC(CO)NC1CCN(c2ccc(NC(=O)c3ccccc3F)cc2)CC1. The monoisotopic (exact) mass is 371 g/mol. The van der Waals surface area contributed by atoms with Gasteiger partial charge in [0.2, 0.25) is 0 Å². The van der Waals surface area contributed by atoms with Gasteiger partial charge in [-0.15, -0.1) is 0 Å². The van der Waals surface area contributed by atoms with Crippen molar-refractivity contribution in [2.75, 3.05) is 29.9 Å². The molecule has 2 aromatic carbocycles. The van der Waals surface area contributed by atoms with Crippen molar-refractivity contribution >= 4 is 17.3 Å². The van der Waals surface area contributed by atoms with Crippen LogP contribution in [0.25, 0.3) is 0 Å². The first kappa shape index (κ1) is 19.3. The van der Waals surface area contributed by atoms with E-state index in [1.165, 1.54) is 12.1 Å². The number of carbonyl (C=O) groups is 1. The molecule has 3 rings (SSSR count). The molecule has 1 aliphatic heterocycles. The molecule has 2 aromatic rings. The minimum Gasteiger partial charge on any atom is -0.395 e. The highest BCUT2D eigenvalue weighted by Crippen LogP contribution is 2.23. The molecule has 0 aliphatic carbocycles. The number of anilines is 2. The topological polar surface area (TPSA) is 64.6 Å². The average Bonchev–Trinajstić information content (AvgIpc) is 2.69. The molecule has 1 heterocycles. The number of piperidine rings is 1. The molecule has 27 heavy (non-hydrogen) atoms. The fourth-order valence-corrected chi connectivity index (χ4v) is 3.36. The van der Waals surface area contributed by atoms with Gasteiger partial charge in [-0.05, 0) is 56.2 Å². The van der Waals surface area contributed by atoms with Gasteiger partial charge in [0.25, 0.3) is 5.91 Å². The van der Waals surface area contributed by atoms with Crippen molar-refractivity contribution in [3.8, 4) is 0 Å². The van der Waals surface area contributed by atoms with Crippen molar-refractivity contribution in [1.82, 2.24) is 5.32 Å². The summed E-state index contributed by atoms with van der Waals surface area (Å²) in [7, 11) is 0. The fourth-order valence-electron chi connectivity index (χ4n) is 3.36. The summed E-state index contributed by atoms with van der Waals surface area (Å²) in [5, 5.41) is 15.3. The van der Waals surface area contributed by atoms with Crippen LogP contribution in [0.1, 0.15) is 30.1 Å². The molecule has 0 radical (unpaired) electrons. The maximum Gasteiger partial charge on any atom is 0.258 e. The van der Waals surface area contributed by atoms with E-state index in [-0.39, 0.29) is 18.2 Å². The number of nitrogens with zero attached hydrogens (tertiary/aromatic N) is 1. The fraction of sp³-hybridized carbons (Fsp3) is 0.381. The van der Waals surface area contributed by atoms with Crippen LogP contribution in [0.4, 0.5) is 15.8 Å². The second-order valence-electron chi connectivity index (χ2n) is 6.99. The minimum atomic E-state index is -0.529. The van der Waals surface area contributed by atoms with Crippen LogP contribution in [0.3, 0.4) is 0 Å². The third-order valence-corrected chi connectivity index (χ3v) is 4.90. The zero-order valence-corrected chi connectivity index (χ0v) is 15.5. The predicted octanol–water partition coefficient (Wildman–Crippen LogP) is 3.02. The summed E-state index contributed by atoms with van der Waals surface area (Å²) in [4.78, 5) is 14.5. The Morgan fingerprint density at radius 1 is 1.19 bits per heavy atom. The van der Waals surface area contributed by atoms with Gasteiger partial charge in [0.05, 0.1) is 12.2 Å². The summed E-state index contributed by atoms with van der Waals surface area (Å²) < 4.78 is 13.7. The van der Waals surface area contributed by atoms with Gasteiger partial charge < -0.3 is 20.6 Å². The highest BCUT2D eigenvalue weighted by Gasteiger charge is 2.20. The van der Waals surface area contributed by atoms with Crippen LogP contribution in [0.15, 0.2) is 48.5 Å². The van der Waals surface area contributed by atoms with Crippen LogP contribution in [0.2, 0.25) is 0 Å². The van der Waals surface area contributed by atoms with E-state index >= 15 is 0 Å². The molecule has 1 saturated heterocycles. The maximum absolute atomic E-state index is 13.7. The molecule has 1 amide bonds. The number of hydrogen-bond acceptors (Lipinski definition) is 4. The van der Waals surface area contributed by atoms with Crippen molar-refractivity contribution in [3.63, 3.8) is 0 Å². The Kier molecular flexibility index (Phi) is 6.42. The van der Waals surface area contributed by atoms with Crippen LogP contribution in [0.5, 0.6) is 0 Å². The predicted molar refractivity (Wildman–Crippen MR) is 106 cm³/mol. The molecule has 3 N–H and O–H groups in total. The lowest BCUT2D eigenvalue weighted by Gasteiger charge is -2.35. The minimum absolute atomic E-state index is 0.0354. The number of rotatable bonds is 6. The second kappa shape index (κ2) is 8.97. The zero-order chi connectivity index (χ0) is 19.2. The molecule has 1 aliphatic rings. The molecular formula is C21H26FN3O2. The van der Waals surface area contributed by atoms with E-state index in [9.17, 15) is 9.18 Å². The summed E-state index contributed by atoms with van der Waals surface area (Å²) in [5.74, 6) is -0.982. The van der Waals surface area contributed by atoms with Crippen molar-refractivity contribution in [2.24, 2.45) is 0 Å². The second-order valence-corrected chi connectivity index (χ2v) is 6.99. The molecule has 0 saturated carbocycles. The normalized spacial score (nSPS) is 16.2. The summed E-state index contributed by atoms with van der Waals surface area (Å²) in [5.41, 5.74) is 1.78. The molecule has 0 spiro atoms. The van der Waals surface area contributed by atoms with Gasteiger partial charge in [-0.3, -0.25) is 4.79 Å². The average molecular weight is 371 g/mol. The molecule has 1 fully saturated rings. The molecular weight excluding hydrogens is 345 g/mol. The van der Waals surface area contributed by atoms with Gasteiger partial charge in [-0.1, -0.05) is 12.1 Å². The lowest BCUT2D eigenvalue weighted by molar-refractivity contribution is 0.102. The van der Waals surface area contributed by atoms with Gasteiger partial charge in [0.15, 0.2) is 0 Å². The molecule has 1 unspecified atom stereocenters. The number of hydrogen-bond donors (Lipinski definition) is 3. The smallest absolute Gasteiger partial charge is 0.258 e. The number of benzene rings is 2. The van der Waals surface area contributed by atoms with Gasteiger partial charge >= 0.3 is 0 Å². The van der Waals surface area contributed by atoms with E-state index in [4.69, 9.17) is 5.11 Å². The summed E-state index contributed by atoms with van der Waals surface area (Å²) in [6, 6.07) is 14.1. The molecule has 0 bridgehead atoms. The Morgan fingerprint density at radius 2 is 1.85 bits per heavy atom. The lowest BCUT2D eigenvalue weighted by Crippen LogP contribution is -2.46. The quantitative estimate of drug-likeness (QED) is 0.730. The number of aliphatic hydroxyl groups is 1. The highest BCUT2D eigenvalue weighted by molar-refractivity contribution is 6.04. The van der Waals surface area contributed by atoms with E-state index in [1.807, 2.05) is 31.2 Å². The van der Waals surface area contributed by atoms with Crippen molar-refractivity contribution in [2.45, 2.75) is 31.8 Å². The van der Waals surface area contributed by atoms with Gasteiger partial charge in [-0.25, -0.2) is 4.39 Å². The van der Waals surface area contributed by atoms with Crippen molar-refractivity contribution in [3.05, 3.63) is 59.9 Å². The van der Waals surface area contributed by atoms with Crippen LogP contribution >= 0.6 is 0 Å². The third kappa shape index (κ3) is 5.05. The van der Waals surface area contributed by atoms with E-state index in [0.29, 0.717) is 11.7 Å². The first-order valence-corrected chi connectivity index (χ1v) is 9.34. The number of aliphatic hydroxyl groups excluding tert-OH is 1. The van der Waals surface area contributed by atoms with E-state index < -0.39 is 11.7 Å². The van der Waals surface area contributed by atoms with Gasteiger partial charge in [-0.2, -0.15) is 0 Å². The first-order valence-electron chi connectivity index (χ1n) is 9.34. The number of amides is 1. The summed E-state index contributed by atoms with van der Waals surface area (Å²) >= 11 is 0. The molecule has 144 valence electrons. The van der Waals surface area contributed by atoms with Crippen LogP contribution in [0, 0.1) is 5.82 Å². The number of carbonyl (C=O) groups excluding carboxylic acids is 1.